The highest BCUT2D eigenvalue weighted by molar-refractivity contribution is 5.42. The lowest BCUT2D eigenvalue weighted by Crippen LogP contribution is -2.60. The second-order valence-corrected chi connectivity index (χ2v) is 4.97. The van der Waals surface area contributed by atoms with Crippen LogP contribution in [-0.4, -0.2) is 64.8 Å². The van der Waals surface area contributed by atoms with Crippen LogP contribution in [0.5, 0.6) is 11.5 Å². The maximum atomic E-state index is 9.92. The summed E-state index contributed by atoms with van der Waals surface area (Å²) in [6.07, 6.45) is -6.57. The molecule has 4 N–H and O–H groups in total. The van der Waals surface area contributed by atoms with Crippen molar-refractivity contribution >= 4 is 0 Å². The molecule has 7 nitrogen and oxygen atoms in total. The summed E-state index contributed by atoms with van der Waals surface area (Å²) in [6.45, 7) is 1.38. The molecule has 0 saturated carbocycles. The molecule has 1 aliphatic rings. The molecule has 1 heterocycles. The van der Waals surface area contributed by atoms with E-state index in [2.05, 4.69) is 0 Å². The molecule has 7 heteroatoms. The van der Waals surface area contributed by atoms with Gasteiger partial charge in [0.2, 0.25) is 6.29 Å². The Morgan fingerprint density at radius 2 is 1.81 bits per heavy atom. The Labute approximate surface area is 122 Å². The third kappa shape index (κ3) is 3.28. The normalized spacial score (nSPS) is 32.8. The Kier molecular flexibility index (Phi) is 5.02. The predicted molar refractivity (Wildman–Crippen MR) is 72.1 cm³/mol. The zero-order chi connectivity index (χ0) is 15.6. The van der Waals surface area contributed by atoms with E-state index in [0.717, 1.165) is 5.56 Å². The molecule has 0 amide bonds. The molecule has 2 rings (SSSR count). The quantitative estimate of drug-likeness (QED) is 0.575. The summed E-state index contributed by atoms with van der Waals surface area (Å²) in [4.78, 5) is 0. The van der Waals surface area contributed by atoms with Crippen LogP contribution >= 0.6 is 0 Å². The summed E-state index contributed by atoms with van der Waals surface area (Å²) in [7, 11) is 1.48. The van der Waals surface area contributed by atoms with Crippen molar-refractivity contribution in [1.82, 2.24) is 0 Å². The number of aryl methyl sites for hydroxylation is 1. The summed E-state index contributed by atoms with van der Waals surface area (Å²) >= 11 is 0. The maximum absolute atomic E-state index is 9.92. The first-order valence-corrected chi connectivity index (χ1v) is 6.59. The first kappa shape index (κ1) is 16.0. The average molecular weight is 300 g/mol. The van der Waals surface area contributed by atoms with Gasteiger partial charge in [0.05, 0.1) is 13.7 Å². The first-order chi connectivity index (χ1) is 9.97. The van der Waals surface area contributed by atoms with Gasteiger partial charge in [0.1, 0.15) is 24.4 Å². The van der Waals surface area contributed by atoms with Gasteiger partial charge in [0.25, 0.3) is 0 Å². The summed E-state index contributed by atoms with van der Waals surface area (Å²) < 4.78 is 16.0. The second-order valence-electron chi connectivity index (χ2n) is 4.97. The van der Waals surface area contributed by atoms with Crippen molar-refractivity contribution in [2.45, 2.75) is 37.6 Å². The molecule has 0 radical (unpaired) electrons. The van der Waals surface area contributed by atoms with E-state index in [9.17, 15) is 15.3 Å². The van der Waals surface area contributed by atoms with Gasteiger partial charge in [-0.05, 0) is 24.6 Å². The van der Waals surface area contributed by atoms with Gasteiger partial charge in [-0.2, -0.15) is 0 Å². The average Bonchev–Trinajstić information content (AvgIpc) is 2.49. The van der Waals surface area contributed by atoms with Crippen LogP contribution in [0.4, 0.5) is 0 Å². The molecule has 1 aromatic rings. The summed E-state index contributed by atoms with van der Waals surface area (Å²) in [5.41, 5.74) is 0.966. The van der Waals surface area contributed by atoms with Crippen molar-refractivity contribution in [3.05, 3.63) is 23.8 Å². The number of hydrogen-bond donors (Lipinski definition) is 4. The van der Waals surface area contributed by atoms with Gasteiger partial charge in [0, 0.05) is 0 Å². The highest BCUT2D eigenvalue weighted by atomic mass is 16.7. The Morgan fingerprint density at radius 3 is 2.43 bits per heavy atom. The van der Waals surface area contributed by atoms with Crippen molar-refractivity contribution in [2.24, 2.45) is 0 Å². The minimum Gasteiger partial charge on any atom is -0.493 e. The highest BCUT2D eigenvalue weighted by Crippen LogP contribution is 2.31. The van der Waals surface area contributed by atoms with Crippen molar-refractivity contribution in [2.75, 3.05) is 13.7 Å². The Bertz CT molecular complexity index is 476. The van der Waals surface area contributed by atoms with Gasteiger partial charge in [-0.25, -0.2) is 0 Å². The molecule has 1 aliphatic heterocycles. The van der Waals surface area contributed by atoms with E-state index in [1.54, 1.807) is 18.2 Å². The molecular formula is C14H20O7. The Balaban J connectivity index is 2.18. The number of aliphatic hydroxyl groups is 4. The molecule has 1 saturated heterocycles. The largest absolute Gasteiger partial charge is 0.493 e. The number of rotatable bonds is 4. The van der Waals surface area contributed by atoms with Crippen LogP contribution in [0.2, 0.25) is 0 Å². The summed E-state index contributed by atoms with van der Waals surface area (Å²) in [5.74, 6) is 0.777. The van der Waals surface area contributed by atoms with Gasteiger partial charge in [-0.15, -0.1) is 0 Å². The van der Waals surface area contributed by atoms with E-state index in [1.807, 2.05) is 6.92 Å². The van der Waals surface area contributed by atoms with Crippen molar-refractivity contribution in [3.8, 4) is 11.5 Å². The lowest BCUT2D eigenvalue weighted by atomic mass is 9.99. The third-order valence-electron chi connectivity index (χ3n) is 3.41. The van der Waals surface area contributed by atoms with Crippen molar-refractivity contribution in [1.29, 1.82) is 0 Å². The fraction of sp³-hybridized carbons (Fsp3) is 0.571. The van der Waals surface area contributed by atoms with Gasteiger partial charge in [0.15, 0.2) is 11.5 Å². The number of methoxy groups -OCH3 is 1. The van der Waals surface area contributed by atoms with Crippen LogP contribution in [0, 0.1) is 6.92 Å². The number of hydrogen-bond acceptors (Lipinski definition) is 7. The molecule has 5 atom stereocenters. The molecule has 0 aliphatic carbocycles. The van der Waals surface area contributed by atoms with Crippen LogP contribution in [0.3, 0.4) is 0 Å². The highest BCUT2D eigenvalue weighted by Gasteiger charge is 2.44. The van der Waals surface area contributed by atoms with E-state index in [4.69, 9.17) is 19.3 Å². The molecular weight excluding hydrogens is 280 g/mol. The lowest BCUT2D eigenvalue weighted by molar-refractivity contribution is -0.277. The zero-order valence-electron chi connectivity index (χ0n) is 11.8. The monoisotopic (exact) mass is 300 g/mol. The molecule has 1 fully saturated rings. The predicted octanol–water partition coefficient (Wildman–Crippen LogP) is -0.818. The van der Waals surface area contributed by atoms with E-state index in [0.29, 0.717) is 11.5 Å². The van der Waals surface area contributed by atoms with Gasteiger partial charge in [-0.3, -0.25) is 0 Å². The molecule has 118 valence electrons. The Hall–Kier alpha value is -1.38. The van der Waals surface area contributed by atoms with Crippen LogP contribution in [0.25, 0.3) is 0 Å². The van der Waals surface area contributed by atoms with Crippen LogP contribution in [-0.2, 0) is 4.74 Å². The standard InChI is InChI=1S/C14H20O7/c1-7-3-4-8(9(5-7)19-2)20-14-13(18)12(17)11(16)10(6-15)21-14/h3-5,10-18H,6H2,1-2H3/t10-,11-,12+,13-,14+/m1/s1. The van der Waals surface area contributed by atoms with E-state index in [-0.39, 0.29) is 0 Å². The topological polar surface area (TPSA) is 109 Å². The first-order valence-electron chi connectivity index (χ1n) is 6.59. The van der Waals surface area contributed by atoms with Crippen molar-refractivity contribution in [3.63, 3.8) is 0 Å². The molecule has 0 unspecified atom stereocenters. The fourth-order valence-corrected chi connectivity index (χ4v) is 2.16. The van der Waals surface area contributed by atoms with Gasteiger partial charge >= 0.3 is 0 Å². The second kappa shape index (κ2) is 6.59. The van der Waals surface area contributed by atoms with E-state index in [1.165, 1.54) is 7.11 Å². The molecule has 1 aromatic carbocycles. The Morgan fingerprint density at radius 1 is 1.10 bits per heavy atom. The number of ether oxygens (including phenoxy) is 3. The van der Waals surface area contributed by atoms with Crippen LogP contribution < -0.4 is 9.47 Å². The third-order valence-corrected chi connectivity index (χ3v) is 3.41. The summed E-state index contributed by atoms with van der Waals surface area (Å²) in [5, 5.41) is 38.5. The maximum Gasteiger partial charge on any atom is 0.229 e. The zero-order valence-corrected chi connectivity index (χ0v) is 11.8. The minimum absolute atomic E-state index is 0.326. The van der Waals surface area contributed by atoms with E-state index >= 15 is 0 Å². The van der Waals surface area contributed by atoms with Crippen LogP contribution in [0.1, 0.15) is 5.56 Å². The molecule has 21 heavy (non-hydrogen) atoms. The molecule has 0 spiro atoms. The van der Waals surface area contributed by atoms with Crippen molar-refractivity contribution < 1.29 is 34.6 Å². The van der Waals surface area contributed by atoms with Gasteiger partial charge in [-0.1, -0.05) is 6.07 Å². The smallest absolute Gasteiger partial charge is 0.229 e. The lowest BCUT2D eigenvalue weighted by Gasteiger charge is -2.39. The van der Waals surface area contributed by atoms with Crippen LogP contribution in [0.15, 0.2) is 18.2 Å². The SMILES string of the molecule is COc1cc(C)ccc1O[C@H]1O[C@H](CO)[C@@H](O)[C@H](O)[C@H]1O. The number of benzene rings is 1. The molecule has 0 aromatic heterocycles. The summed E-state index contributed by atoms with van der Waals surface area (Å²) in [6, 6.07) is 5.19. The number of aliphatic hydroxyl groups excluding tert-OH is 4. The van der Waals surface area contributed by atoms with Gasteiger partial charge < -0.3 is 34.6 Å². The van der Waals surface area contributed by atoms with E-state index < -0.39 is 37.3 Å². The minimum atomic E-state index is -1.47. The fourth-order valence-electron chi connectivity index (χ4n) is 2.16. The molecule has 0 bridgehead atoms.